The van der Waals surface area contributed by atoms with E-state index in [0.29, 0.717) is 19.4 Å². The lowest BCUT2D eigenvalue weighted by Crippen LogP contribution is -2.57. The molecule has 4 atom stereocenters. The zero-order valence-corrected chi connectivity index (χ0v) is 14.9. The average molecular weight is 349 g/mol. The highest BCUT2D eigenvalue weighted by Crippen LogP contribution is 2.29. The largest absolute Gasteiger partial charge is 0.490 e. The highest BCUT2D eigenvalue weighted by Gasteiger charge is 2.36. The molecular formula is C19H27NO5. The molecule has 3 rings (SSSR count). The smallest absolute Gasteiger partial charge is 0.223 e. The van der Waals surface area contributed by atoms with Crippen molar-refractivity contribution in [2.45, 2.75) is 57.5 Å². The monoisotopic (exact) mass is 349 g/mol. The van der Waals surface area contributed by atoms with Crippen LogP contribution in [0.2, 0.25) is 0 Å². The van der Waals surface area contributed by atoms with Gasteiger partial charge in [0.1, 0.15) is 24.1 Å². The van der Waals surface area contributed by atoms with Crippen LogP contribution >= 0.6 is 0 Å². The molecule has 6 nitrogen and oxygen atoms in total. The zero-order valence-electron chi connectivity index (χ0n) is 14.9. The van der Waals surface area contributed by atoms with Gasteiger partial charge in [-0.1, -0.05) is 12.1 Å². The number of rotatable bonds is 5. The van der Waals surface area contributed by atoms with E-state index in [4.69, 9.17) is 9.47 Å². The van der Waals surface area contributed by atoms with E-state index < -0.39 is 18.2 Å². The molecule has 25 heavy (non-hydrogen) atoms. The summed E-state index contributed by atoms with van der Waals surface area (Å²) in [6.45, 7) is 4.77. The van der Waals surface area contributed by atoms with Gasteiger partial charge >= 0.3 is 0 Å². The molecule has 1 aromatic rings. The van der Waals surface area contributed by atoms with Gasteiger partial charge in [-0.25, -0.2) is 0 Å². The van der Waals surface area contributed by atoms with Crippen molar-refractivity contribution in [3.05, 3.63) is 29.3 Å². The summed E-state index contributed by atoms with van der Waals surface area (Å²) in [6, 6.07) is 5.61. The first-order valence-electron chi connectivity index (χ1n) is 9.01. The van der Waals surface area contributed by atoms with Crippen LogP contribution < -0.4 is 4.74 Å². The number of nitrogens with zero attached hydrogens (tertiary/aromatic N) is 1. The minimum absolute atomic E-state index is 0.0330. The Kier molecular flexibility index (Phi) is 5.61. The van der Waals surface area contributed by atoms with Gasteiger partial charge in [0.15, 0.2) is 0 Å². The molecule has 0 aliphatic carbocycles. The maximum absolute atomic E-state index is 12.6. The van der Waals surface area contributed by atoms with Crippen LogP contribution in [0.15, 0.2) is 18.2 Å². The Morgan fingerprint density at radius 2 is 2.12 bits per heavy atom. The number of aliphatic hydroxyl groups is 2. The van der Waals surface area contributed by atoms with E-state index >= 15 is 0 Å². The van der Waals surface area contributed by atoms with Gasteiger partial charge in [-0.15, -0.1) is 0 Å². The van der Waals surface area contributed by atoms with Gasteiger partial charge in [0.05, 0.1) is 19.3 Å². The van der Waals surface area contributed by atoms with Gasteiger partial charge in [0, 0.05) is 19.4 Å². The Bertz CT molecular complexity index is 620. The first-order valence-corrected chi connectivity index (χ1v) is 9.01. The van der Waals surface area contributed by atoms with Crippen LogP contribution in [0.5, 0.6) is 5.75 Å². The van der Waals surface area contributed by atoms with Crippen molar-refractivity contribution in [2.75, 3.05) is 19.8 Å². The number of carbonyl (C=O) groups excluding carboxylic acids is 1. The zero-order chi connectivity index (χ0) is 18.0. The van der Waals surface area contributed by atoms with Crippen molar-refractivity contribution < 1.29 is 24.5 Å². The molecule has 2 aliphatic rings. The normalized spacial score (nSPS) is 28.3. The van der Waals surface area contributed by atoms with Gasteiger partial charge in [0.2, 0.25) is 5.91 Å². The summed E-state index contributed by atoms with van der Waals surface area (Å²) >= 11 is 0. The number of hydrogen-bond donors (Lipinski definition) is 2. The molecule has 2 aliphatic heterocycles. The van der Waals surface area contributed by atoms with E-state index in [9.17, 15) is 15.0 Å². The van der Waals surface area contributed by atoms with Gasteiger partial charge in [-0.05, 0) is 37.5 Å². The van der Waals surface area contributed by atoms with Gasteiger partial charge < -0.3 is 24.6 Å². The Morgan fingerprint density at radius 3 is 2.88 bits per heavy atom. The van der Waals surface area contributed by atoms with Gasteiger partial charge in [-0.3, -0.25) is 4.79 Å². The van der Waals surface area contributed by atoms with E-state index in [1.54, 1.807) is 4.90 Å². The molecule has 2 heterocycles. The van der Waals surface area contributed by atoms with E-state index in [0.717, 1.165) is 17.7 Å². The molecule has 0 unspecified atom stereocenters. The first kappa shape index (κ1) is 18.2. The Hall–Kier alpha value is -1.63. The maximum atomic E-state index is 12.6. The molecule has 0 radical (unpaired) electrons. The number of likely N-dealkylation sites (N-methyl/N-ethyl adjacent to an activating group) is 1. The van der Waals surface area contributed by atoms with E-state index in [-0.39, 0.29) is 25.2 Å². The maximum Gasteiger partial charge on any atom is 0.223 e. The molecular weight excluding hydrogens is 322 g/mol. The van der Waals surface area contributed by atoms with Gasteiger partial charge in [0.25, 0.3) is 0 Å². The molecule has 0 aromatic heterocycles. The summed E-state index contributed by atoms with van der Waals surface area (Å²) in [5.74, 6) is 0.906. The summed E-state index contributed by atoms with van der Waals surface area (Å²) in [5, 5.41) is 19.9. The van der Waals surface area contributed by atoms with E-state index in [1.807, 2.05) is 26.0 Å². The molecule has 6 heteroatoms. The Labute approximate surface area is 148 Å². The second-order valence-corrected chi connectivity index (χ2v) is 6.92. The lowest BCUT2D eigenvalue weighted by Gasteiger charge is -2.39. The molecule has 1 saturated heterocycles. The number of aliphatic hydroxyl groups excluding tert-OH is 2. The number of benzene rings is 1. The van der Waals surface area contributed by atoms with Crippen LogP contribution in [0.25, 0.3) is 0 Å². The van der Waals surface area contributed by atoms with E-state index in [1.165, 1.54) is 5.56 Å². The Balaban J connectivity index is 1.60. The highest BCUT2D eigenvalue weighted by molar-refractivity contribution is 5.77. The second-order valence-electron chi connectivity index (χ2n) is 6.92. The lowest BCUT2D eigenvalue weighted by atomic mass is 10.0. The molecule has 0 spiro atoms. The summed E-state index contributed by atoms with van der Waals surface area (Å²) in [4.78, 5) is 14.3. The number of fused-ring (bicyclic) bond motifs is 1. The summed E-state index contributed by atoms with van der Waals surface area (Å²) < 4.78 is 11.0. The molecule has 0 bridgehead atoms. The van der Waals surface area contributed by atoms with Crippen LogP contribution in [0, 0.1) is 0 Å². The lowest BCUT2D eigenvalue weighted by molar-refractivity contribution is -0.155. The van der Waals surface area contributed by atoms with Crippen molar-refractivity contribution >= 4 is 5.91 Å². The van der Waals surface area contributed by atoms with Crippen molar-refractivity contribution in [2.24, 2.45) is 0 Å². The van der Waals surface area contributed by atoms with Crippen LogP contribution in [0.3, 0.4) is 0 Å². The third-order valence-electron chi connectivity index (χ3n) is 5.02. The number of aryl methyl sites for hydroxylation is 1. The summed E-state index contributed by atoms with van der Waals surface area (Å²) in [6.07, 6.45) is 0.213. The van der Waals surface area contributed by atoms with Crippen molar-refractivity contribution in [3.8, 4) is 5.75 Å². The quantitative estimate of drug-likeness (QED) is 0.826. The first-order chi connectivity index (χ1) is 12.0. The molecule has 1 amide bonds. The fourth-order valence-electron chi connectivity index (χ4n) is 3.66. The third kappa shape index (κ3) is 3.97. The van der Waals surface area contributed by atoms with Crippen molar-refractivity contribution in [1.82, 2.24) is 4.90 Å². The fraction of sp³-hybridized carbons (Fsp3) is 0.632. The second kappa shape index (κ2) is 7.72. The minimum Gasteiger partial charge on any atom is -0.490 e. The molecule has 1 fully saturated rings. The molecule has 1 aromatic carbocycles. The number of amides is 1. The van der Waals surface area contributed by atoms with Crippen molar-refractivity contribution in [1.29, 1.82) is 0 Å². The number of hydrogen-bond acceptors (Lipinski definition) is 5. The molecule has 2 N–H and O–H groups in total. The van der Waals surface area contributed by atoms with Gasteiger partial charge in [-0.2, -0.15) is 0 Å². The van der Waals surface area contributed by atoms with E-state index in [2.05, 4.69) is 6.07 Å². The van der Waals surface area contributed by atoms with Crippen LogP contribution in [0.4, 0.5) is 0 Å². The summed E-state index contributed by atoms with van der Waals surface area (Å²) in [7, 11) is 0. The Morgan fingerprint density at radius 1 is 1.32 bits per heavy atom. The SMILES string of the molecule is CCN(C(=O)CCc1ccc2c(c1)C[C@@H](C)O2)[C@@H]1COC[C@@H](O)[C@H]1O. The fourth-order valence-corrected chi connectivity index (χ4v) is 3.66. The number of carbonyl (C=O) groups is 1. The minimum atomic E-state index is -0.962. The average Bonchev–Trinajstić information content (AvgIpc) is 2.96. The topological polar surface area (TPSA) is 79.2 Å². The predicted octanol–water partition coefficient (Wildman–Crippen LogP) is 0.912. The number of ether oxygens (including phenoxy) is 2. The summed E-state index contributed by atoms with van der Waals surface area (Å²) in [5.41, 5.74) is 2.31. The third-order valence-corrected chi connectivity index (χ3v) is 5.02. The standard InChI is InChI=1S/C19H27NO5/c1-3-20(15-10-24-11-16(21)19(15)23)18(22)7-5-13-4-6-17-14(9-13)8-12(2)25-17/h4,6,9,12,15-16,19,21,23H,3,5,7-8,10-11H2,1-2H3/t12-,15-,16-,19+/m1/s1. The van der Waals surface area contributed by atoms with Crippen molar-refractivity contribution in [3.63, 3.8) is 0 Å². The molecule has 0 saturated carbocycles. The van der Waals surface area contributed by atoms with Crippen LogP contribution in [-0.4, -0.2) is 65.1 Å². The predicted molar refractivity (Wildman–Crippen MR) is 92.6 cm³/mol. The highest BCUT2D eigenvalue weighted by atomic mass is 16.5. The van der Waals surface area contributed by atoms with Crippen LogP contribution in [-0.2, 0) is 22.4 Å². The van der Waals surface area contributed by atoms with Crippen LogP contribution in [0.1, 0.15) is 31.4 Å². The molecule has 138 valence electrons.